The van der Waals surface area contributed by atoms with Crippen LogP contribution in [-0.4, -0.2) is 18.4 Å². The first kappa shape index (κ1) is 13.3. The first-order chi connectivity index (χ1) is 8.86. The number of carbonyl (C=O) groups excluding carboxylic acids is 1. The molecule has 18 heavy (non-hydrogen) atoms. The number of carbonyl (C=O) groups is 1. The average Bonchev–Trinajstić information content (AvgIpc) is 2.38. The number of Topliss-reactive ketones (excluding diaryl/α,β-unsaturated/α-hetero) is 1. The van der Waals surface area contributed by atoms with E-state index in [1.807, 2.05) is 30.3 Å². The highest BCUT2D eigenvalue weighted by atomic mass is 16.1. The van der Waals surface area contributed by atoms with Crippen molar-refractivity contribution < 1.29 is 4.79 Å². The van der Waals surface area contributed by atoms with Crippen molar-refractivity contribution in [3.05, 3.63) is 35.9 Å². The molecule has 1 aliphatic carbocycles. The van der Waals surface area contributed by atoms with E-state index in [4.69, 9.17) is 0 Å². The summed E-state index contributed by atoms with van der Waals surface area (Å²) in [5.41, 5.74) is 0.816. The maximum absolute atomic E-state index is 12.0. The van der Waals surface area contributed by atoms with Gasteiger partial charge in [-0.05, 0) is 12.8 Å². The van der Waals surface area contributed by atoms with Crippen LogP contribution in [0.25, 0.3) is 0 Å². The summed E-state index contributed by atoms with van der Waals surface area (Å²) in [5, 5.41) is 3.44. The van der Waals surface area contributed by atoms with Crippen molar-refractivity contribution in [1.29, 1.82) is 0 Å². The summed E-state index contributed by atoms with van der Waals surface area (Å²) in [7, 11) is 0. The maximum Gasteiger partial charge on any atom is 0.176 e. The lowest BCUT2D eigenvalue weighted by molar-refractivity contribution is 0.0985. The van der Waals surface area contributed by atoms with Gasteiger partial charge >= 0.3 is 0 Å². The zero-order valence-corrected chi connectivity index (χ0v) is 11.0. The SMILES string of the molecule is O=C(CNC1CCCCCCC1)c1ccccc1. The number of hydrogen-bond acceptors (Lipinski definition) is 2. The second-order valence-electron chi connectivity index (χ2n) is 5.21. The van der Waals surface area contributed by atoms with Crippen LogP contribution >= 0.6 is 0 Å². The Balaban J connectivity index is 1.78. The number of nitrogens with one attached hydrogen (secondary N) is 1. The van der Waals surface area contributed by atoms with Crippen LogP contribution in [0.15, 0.2) is 30.3 Å². The lowest BCUT2D eigenvalue weighted by Gasteiger charge is -2.20. The van der Waals surface area contributed by atoms with E-state index < -0.39 is 0 Å². The average molecular weight is 245 g/mol. The van der Waals surface area contributed by atoms with Gasteiger partial charge in [0.05, 0.1) is 6.54 Å². The monoisotopic (exact) mass is 245 g/mol. The number of rotatable bonds is 4. The van der Waals surface area contributed by atoms with Crippen molar-refractivity contribution in [3.63, 3.8) is 0 Å². The highest BCUT2D eigenvalue weighted by molar-refractivity contribution is 5.97. The molecule has 1 aliphatic rings. The van der Waals surface area contributed by atoms with Crippen molar-refractivity contribution in [2.75, 3.05) is 6.54 Å². The molecule has 1 aromatic carbocycles. The summed E-state index contributed by atoms with van der Waals surface area (Å²) in [6.45, 7) is 0.481. The molecule has 0 aromatic heterocycles. The van der Waals surface area contributed by atoms with Crippen molar-refractivity contribution in [1.82, 2.24) is 5.32 Å². The minimum atomic E-state index is 0.206. The van der Waals surface area contributed by atoms with Gasteiger partial charge in [0, 0.05) is 11.6 Å². The zero-order valence-electron chi connectivity index (χ0n) is 11.0. The molecule has 2 nitrogen and oxygen atoms in total. The van der Waals surface area contributed by atoms with Crippen LogP contribution in [0.3, 0.4) is 0 Å². The first-order valence-electron chi connectivity index (χ1n) is 7.18. The van der Waals surface area contributed by atoms with E-state index in [1.54, 1.807) is 0 Å². The van der Waals surface area contributed by atoms with Gasteiger partial charge in [0.1, 0.15) is 0 Å². The van der Waals surface area contributed by atoms with E-state index in [1.165, 1.54) is 44.9 Å². The van der Waals surface area contributed by atoms with Gasteiger partial charge in [-0.15, -0.1) is 0 Å². The minimum Gasteiger partial charge on any atom is -0.307 e. The molecule has 1 fully saturated rings. The number of hydrogen-bond donors (Lipinski definition) is 1. The summed E-state index contributed by atoms with van der Waals surface area (Å²) < 4.78 is 0. The topological polar surface area (TPSA) is 29.1 Å². The molecule has 0 amide bonds. The van der Waals surface area contributed by atoms with E-state index in [0.29, 0.717) is 12.6 Å². The second kappa shape index (κ2) is 7.32. The van der Waals surface area contributed by atoms with Crippen molar-refractivity contribution in [3.8, 4) is 0 Å². The Kier molecular flexibility index (Phi) is 5.40. The standard InChI is InChI=1S/C16H23NO/c18-16(14-9-5-4-6-10-14)13-17-15-11-7-2-1-3-8-12-15/h4-6,9-10,15,17H,1-3,7-8,11-13H2. The van der Waals surface area contributed by atoms with Crippen LogP contribution in [0.5, 0.6) is 0 Å². The maximum atomic E-state index is 12.0. The van der Waals surface area contributed by atoms with E-state index in [0.717, 1.165) is 5.56 Å². The van der Waals surface area contributed by atoms with Crippen LogP contribution in [0, 0.1) is 0 Å². The van der Waals surface area contributed by atoms with E-state index in [-0.39, 0.29) is 5.78 Å². The van der Waals surface area contributed by atoms with Gasteiger partial charge in [-0.1, -0.05) is 62.4 Å². The third-order valence-electron chi connectivity index (χ3n) is 3.75. The van der Waals surface area contributed by atoms with Gasteiger partial charge in [0.25, 0.3) is 0 Å². The first-order valence-corrected chi connectivity index (χ1v) is 7.18. The fourth-order valence-corrected chi connectivity index (χ4v) is 2.62. The van der Waals surface area contributed by atoms with Gasteiger partial charge in [-0.2, -0.15) is 0 Å². The number of ketones is 1. The van der Waals surface area contributed by atoms with Crippen LogP contribution in [0.1, 0.15) is 55.3 Å². The van der Waals surface area contributed by atoms with Crippen LogP contribution in [0.2, 0.25) is 0 Å². The molecule has 2 heteroatoms. The fourth-order valence-electron chi connectivity index (χ4n) is 2.62. The van der Waals surface area contributed by atoms with E-state index >= 15 is 0 Å². The van der Waals surface area contributed by atoms with Gasteiger partial charge in [0.2, 0.25) is 0 Å². The molecule has 0 bridgehead atoms. The molecule has 0 aliphatic heterocycles. The summed E-state index contributed by atoms with van der Waals surface area (Å²) in [5.74, 6) is 0.206. The van der Waals surface area contributed by atoms with E-state index in [9.17, 15) is 4.79 Å². The van der Waals surface area contributed by atoms with Gasteiger partial charge in [0.15, 0.2) is 5.78 Å². The lowest BCUT2D eigenvalue weighted by atomic mass is 9.96. The fraction of sp³-hybridized carbons (Fsp3) is 0.562. The second-order valence-corrected chi connectivity index (χ2v) is 5.21. The largest absolute Gasteiger partial charge is 0.307 e. The molecule has 1 saturated carbocycles. The predicted molar refractivity (Wildman–Crippen MR) is 74.9 cm³/mol. The molecule has 0 spiro atoms. The molecule has 0 radical (unpaired) electrons. The van der Waals surface area contributed by atoms with Crippen LogP contribution in [-0.2, 0) is 0 Å². The highest BCUT2D eigenvalue weighted by Crippen LogP contribution is 2.17. The van der Waals surface area contributed by atoms with Crippen molar-refractivity contribution in [2.45, 2.75) is 51.0 Å². The third kappa shape index (κ3) is 4.26. The Labute approximate surface area is 110 Å². The molecule has 0 heterocycles. The smallest absolute Gasteiger partial charge is 0.176 e. The third-order valence-corrected chi connectivity index (χ3v) is 3.75. The van der Waals surface area contributed by atoms with E-state index in [2.05, 4.69) is 5.32 Å². The quantitative estimate of drug-likeness (QED) is 0.822. The van der Waals surface area contributed by atoms with Crippen LogP contribution in [0.4, 0.5) is 0 Å². The molecule has 0 unspecified atom stereocenters. The number of benzene rings is 1. The highest BCUT2D eigenvalue weighted by Gasteiger charge is 2.12. The normalized spacial score (nSPS) is 18.0. The predicted octanol–water partition coefficient (Wildman–Crippen LogP) is 3.57. The Bertz CT molecular complexity index is 353. The molecule has 2 rings (SSSR count). The Morgan fingerprint density at radius 3 is 2.28 bits per heavy atom. The van der Waals surface area contributed by atoms with Gasteiger partial charge < -0.3 is 5.32 Å². The Morgan fingerprint density at radius 1 is 1.00 bits per heavy atom. The Morgan fingerprint density at radius 2 is 1.61 bits per heavy atom. The van der Waals surface area contributed by atoms with Gasteiger partial charge in [-0.3, -0.25) is 4.79 Å². The molecule has 0 saturated heterocycles. The van der Waals surface area contributed by atoms with Gasteiger partial charge in [-0.25, -0.2) is 0 Å². The molecule has 1 aromatic rings. The summed E-state index contributed by atoms with van der Waals surface area (Å²) in [6.07, 6.45) is 9.14. The molecule has 98 valence electrons. The van der Waals surface area contributed by atoms with Crippen molar-refractivity contribution in [2.24, 2.45) is 0 Å². The van der Waals surface area contributed by atoms with Crippen LogP contribution < -0.4 is 5.32 Å². The molecule has 1 N–H and O–H groups in total. The summed E-state index contributed by atoms with van der Waals surface area (Å²) in [4.78, 5) is 12.0. The molecular weight excluding hydrogens is 222 g/mol. The molecule has 0 atom stereocenters. The lowest BCUT2D eigenvalue weighted by Crippen LogP contribution is -2.34. The molecular formula is C16H23NO. The summed E-state index contributed by atoms with van der Waals surface area (Å²) in [6, 6.07) is 10.1. The Hall–Kier alpha value is -1.15. The minimum absolute atomic E-state index is 0.206. The van der Waals surface area contributed by atoms with Crippen molar-refractivity contribution >= 4 is 5.78 Å². The summed E-state index contributed by atoms with van der Waals surface area (Å²) >= 11 is 0. The zero-order chi connectivity index (χ0) is 12.6.